The highest BCUT2D eigenvalue weighted by atomic mass is 15.1. The number of rotatable bonds is 6. The van der Waals surface area contributed by atoms with Gasteiger partial charge in [0.1, 0.15) is 0 Å². The molecule has 1 N–H and O–H groups in total. The second-order valence-corrected chi connectivity index (χ2v) is 10.3. The van der Waals surface area contributed by atoms with Crippen LogP contribution in [0, 0.1) is 17.3 Å². The number of benzene rings is 2. The maximum atomic E-state index is 3.86. The average molecular weight is 375 g/mol. The SMILES string of the molecule is CN(C)c1ccc(CNCC23CC4CC(C2)CC(c2ccccc2)(C4)C3)cc1. The molecule has 2 unspecified atom stereocenters. The van der Waals surface area contributed by atoms with Crippen LogP contribution in [-0.2, 0) is 12.0 Å². The fraction of sp³-hybridized carbons (Fsp3) is 0.538. The van der Waals surface area contributed by atoms with E-state index in [4.69, 9.17) is 0 Å². The molecule has 2 atom stereocenters. The zero-order valence-electron chi connectivity index (χ0n) is 17.5. The van der Waals surface area contributed by atoms with Crippen molar-refractivity contribution < 1.29 is 0 Å². The second kappa shape index (κ2) is 6.91. The van der Waals surface area contributed by atoms with E-state index in [0.717, 1.165) is 18.4 Å². The van der Waals surface area contributed by atoms with Gasteiger partial charge in [0.05, 0.1) is 0 Å². The van der Waals surface area contributed by atoms with Crippen molar-refractivity contribution in [3.63, 3.8) is 0 Å². The summed E-state index contributed by atoms with van der Waals surface area (Å²) in [5.74, 6) is 1.89. The fourth-order valence-electron chi connectivity index (χ4n) is 7.17. The molecule has 2 aromatic carbocycles. The number of nitrogens with one attached hydrogen (secondary N) is 1. The van der Waals surface area contributed by atoms with Crippen molar-refractivity contribution in [3.05, 3.63) is 65.7 Å². The Morgan fingerprint density at radius 2 is 1.57 bits per heavy atom. The molecule has 4 aliphatic rings. The van der Waals surface area contributed by atoms with Gasteiger partial charge in [-0.3, -0.25) is 0 Å². The topological polar surface area (TPSA) is 15.3 Å². The van der Waals surface area contributed by atoms with E-state index >= 15 is 0 Å². The van der Waals surface area contributed by atoms with E-state index < -0.39 is 0 Å². The monoisotopic (exact) mass is 374 g/mol. The quantitative estimate of drug-likeness (QED) is 0.730. The lowest BCUT2D eigenvalue weighted by Gasteiger charge is -2.62. The summed E-state index contributed by atoms with van der Waals surface area (Å²) in [6.07, 6.45) is 8.64. The number of hydrogen-bond donors (Lipinski definition) is 1. The molecular formula is C26H34N2. The van der Waals surface area contributed by atoms with Crippen molar-refractivity contribution in [2.75, 3.05) is 25.5 Å². The minimum Gasteiger partial charge on any atom is -0.378 e. The summed E-state index contributed by atoms with van der Waals surface area (Å²) in [6.45, 7) is 2.17. The molecule has 0 radical (unpaired) electrons. The van der Waals surface area contributed by atoms with Crippen molar-refractivity contribution in [1.29, 1.82) is 0 Å². The Kier molecular flexibility index (Phi) is 4.50. The van der Waals surface area contributed by atoms with Gasteiger partial charge >= 0.3 is 0 Å². The average Bonchev–Trinajstić information content (AvgIpc) is 2.68. The second-order valence-electron chi connectivity index (χ2n) is 10.3. The molecule has 0 spiro atoms. The Hall–Kier alpha value is -1.80. The largest absolute Gasteiger partial charge is 0.378 e. The molecule has 2 nitrogen and oxygen atoms in total. The summed E-state index contributed by atoms with van der Waals surface area (Å²) in [4.78, 5) is 2.16. The lowest BCUT2D eigenvalue weighted by Crippen LogP contribution is -2.56. The highest BCUT2D eigenvalue weighted by Crippen LogP contribution is 2.65. The Bertz CT molecular complexity index is 794. The maximum Gasteiger partial charge on any atom is 0.0361 e. The molecule has 0 heterocycles. The first kappa shape index (κ1) is 18.2. The minimum atomic E-state index is 0.459. The van der Waals surface area contributed by atoms with Gasteiger partial charge in [-0.05, 0) is 84.5 Å². The third kappa shape index (κ3) is 3.26. The van der Waals surface area contributed by atoms with Crippen LogP contribution < -0.4 is 10.2 Å². The first-order valence-corrected chi connectivity index (χ1v) is 11.1. The molecule has 0 saturated heterocycles. The van der Waals surface area contributed by atoms with Crippen molar-refractivity contribution in [1.82, 2.24) is 5.32 Å². The highest BCUT2D eigenvalue weighted by Gasteiger charge is 2.57. The van der Waals surface area contributed by atoms with E-state index in [1.54, 1.807) is 5.56 Å². The number of nitrogens with zero attached hydrogens (tertiary/aromatic N) is 1. The fourth-order valence-corrected chi connectivity index (χ4v) is 7.17. The van der Waals surface area contributed by atoms with E-state index in [0.29, 0.717) is 10.8 Å². The molecular weight excluding hydrogens is 340 g/mol. The Balaban J connectivity index is 1.29. The standard InChI is InChI=1S/C26H34N2/c1-28(2)24-10-8-20(9-11-24)17-27-19-25-13-21-12-22(14-25)16-26(15-21,18-25)23-6-4-3-5-7-23/h3-11,21-22,27H,12-19H2,1-2H3. The van der Waals surface area contributed by atoms with Crippen LogP contribution in [0.15, 0.2) is 54.6 Å². The molecule has 4 bridgehead atoms. The van der Waals surface area contributed by atoms with Gasteiger partial charge in [-0.15, -0.1) is 0 Å². The summed E-state index contributed by atoms with van der Waals surface area (Å²) in [5, 5.41) is 3.86. The maximum absolute atomic E-state index is 3.86. The summed E-state index contributed by atoms with van der Waals surface area (Å²) in [7, 11) is 4.20. The van der Waals surface area contributed by atoms with Crippen LogP contribution >= 0.6 is 0 Å². The molecule has 4 fully saturated rings. The first-order chi connectivity index (χ1) is 13.6. The molecule has 4 saturated carbocycles. The summed E-state index contributed by atoms with van der Waals surface area (Å²) < 4.78 is 0. The molecule has 2 aromatic rings. The van der Waals surface area contributed by atoms with E-state index in [1.807, 2.05) is 0 Å². The van der Waals surface area contributed by atoms with Crippen molar-refractivity contribution >= 4 is 5.69 Å². The van der Waals surface area contributed by atoms with Crippen LogP contribution in [0.3, 0.4) is 0 Å². The van der Waals surface area contributed by atoms with Gasteiger partial charge in [0.25, 0.3) is 0 Å². The zero-order chi connectivity index (χ0) is 19.2. The third-order valence-corrected chi connectivity index (χ3v) is 7.85. The molecule has 6 rings (SSSR count). The van der Waals surface area contributed by atoms with E-state index in [2.05, 4.69) is 78.9 Å². The van der Waals surface area contributed by atoms with Gasteiger partial charge < -0.3 is 10.2 Å². The summed E-state index contributed by atoms with van der Waals surface area (Å²) in [6, 6.07) is 20.5. The third-order valence-electron chi connectivity index (χ3n) is 7.85. The van der Waals surface area contributed by atoms with Crippen molar-refractivity contribution in [2.24, 2.45) is 17.3 Å². The Morgan fingerprint density at radius 3 is 2.21 bits per heavy atom. The molecule has 0 amide bonds. The minimum absolute atomic E-state index is 0.459. The van der Waals surface area contributed by atoms with Crippen molar-refractivity contribution in [3.8, 4) is 0 Å². The Labute approximate surface area is 170 Å². The molecule has 148 valence electrons. The number of hydrogen-bond acceptors (Lipinski definition) is 2. The van der Waals surface area contributed by atoms with Gasteiger partial charge in [0, 0.05) is 32.9 Å². The number of anilines is 1. The summed E-state index contributed by atoms with van der Waals surface area (Å²) >= 11 is 0. The summed E-state index contributed by atoms with van der Waals surface area (Å²) in [5.41, 5.74) is 5.26. The van der Waals surface area contributed by atoms with Gasteiger partial charge in [-0.2, -0.15) is 0 Å². The lowest BCUT2D eigenvalue weighted by molar-refractivity contribution is -0.0708. The van der Waals surface area contributed by atoms with E-state index in [1.165, 1.54) is 56.3 Å². The molecule has 0 aliphatic heterocycles. The molecule has 2 heteroatoms. The molecule has 28 heavy (non-hydrogen) atoms. The van der Waals surface area contributed by atoms with Gasteiger partial charge in [-0.25, -0.2) is 0 Å². The van der Waals surface area contributed by atoms with Crippen LogP contribution in [0.4, 0.5) is 5.69 Å². The molecule has 0 aromatic heterocycles. The normalized spacial score (nSPS) is 33.2. The molecule has 4 aliphatic carbocycles. The first-order valence-electron chi connectivity index (χ1n) is 11.1. The van der Waals surface area contributed by atoms with Gasteiger partial charge in [-0.1, -0.05) is 42.5 Å². The predicted octanol–water partition coefficient (Wildman–Crippen LogP) is 5.38. The lowest BCUT2D eigenvalue weighted by atomic mass is 9.43. The van der Waals surface area contributed by atoms with Crippen LogP contribution in [0.2, 0.25) is 0 Å². The van der Waals surface area contributed by atoms with Crippen molar-refractivity contribution in [2.45, 2.75) is 50.5 Å². The van der Waals surface area contributed by atoms with Crippen LogP contribution in [0.25, 0.3) is 0 Å². The predicted molar refractivity (Wildman–Crippen MR) is 118 cm³/mol. The van der Waals surface area contributed by atoms with E-state index in [9.17, 15) is 0 Å². The van der Waals surface area contributed by atoms with Gasteiger partial charge in [0.2, 0.25) is 0 Å². The zero-order valence-corrected chi connectivity index (χ0v) is 17.5. The van der Waals surface area contributed by atoms with Crippen LogP contribution in [-0.4, -0.2) is 20.6 Å². The van der Waals surface area contributed by atoms with E-state index in [-0.39, 0.29) is 0 Å². The smallest absolute Gasteiger partial charge is 0.0361 e. The van der Waals surface area contributed by atoms with Crippen LogP contribution in [0.1, 0.15) is 49.7 Å². The van der Waals surface area contributed by atoms with Crippen LogP contribution in [0.5, 0.6) is 0 Å². The highest BCUT2D eigenvalue weighted by molar-refractivity contribution is 5.46. The van der Waals surface area contributed by atoms with Gasteiger partial charge in [0.15, 0.2) is 0 Å². The Morgan fingerprint density at radius 1 is 0.893 bits per heavy atom.